The molecule has 0 bridgehead atoms. The summed E-state index contributed by atoms with van der Waals surface area (Å²) >= 11 is 8.67. The molecule has 0 amide bonds. The molecule has 0 aliphatic carbocycles. The highest BCUT2D eigenvalue weighted by molar-refractivity contribution is 7.80. The van der Waals surface area contributed by atoms with Crippen molar-refractivity contribution in [2.45, 2.75) is 57.7 Å². The number of hydrogen-bond donors (Lipinski definition) is 2. The Hall–Kier alpha value is 0.421. The molecular weight excluding hydrogens is 404 g/mol. The molecule has 0 radical (unpaired) electrons. The fourth-order valence-electron chi connectivity index (χ4n) is 3.06. The summed E-state index contributed by atoms with van der Waals surface area (Å²) in [7, 11) is -6.38. The van der Waals surface area contributed by atoms with Crippen LogP contribution < -0.4 is 5.19 Å². The summed E-state index contributed by atoms with van der Waals surface area (Å²) in [5.41, 5.74) is 0. The lowest BCUT2D eigenvalue weighted by molar-refractivity contribution is 0.396. The van der Waals surface area contributed by atoms with Crippen molar-refractivity contribution >= 4 is 55.6 Å². The molecule has 0 saturated carbocycles. The second-order valence-electron chi connectivity index (χ2n) is 7.83. The third-order valence-electron chi connectivity index (χ3n) is 4.18. The van der Waals surface area contributed by atoms with Gasteiger partial charge in [0.25, 0.3) is 0 Å². The van der Waals surface area contributed by atoms with Crippen molar-refractivity contribution in [3.05, 3.63) is 30.1 Å². The zero-order valence-corrected chi connectivity index (χ0v) is 20.9. The van der Waals surface area contributed by atoms with Gasteiger partial charge in [-0.25, -0.2) is 4.39 Å². The second-order valence-corrected chi connectivity index (χ2v) is 20.9. The fraction of sp³-hybridized carbons (Fsp3) is 0.647. The van der Waals surface area contributed by atoms with E-state index in [1.807, 2.05) is 12.1 Å². The van der Waals surface area contributed by atoms with Crippen LogP contribution in [0, 0.1) is 5.82 Å². The molecular formula is C17H33FO2S2Si3. The molecule has 0 fully saturated rings. The summed E-state index contributed by atoms with van der Waals surface area (Å²) in [5, 5.41) is 1.02. The molecule has 8 heteroatoms. The van der Waals surface area contributed by atoms with E-state index in [1.165, 1.54) is 12.1 Å². The Balaban J connectivity index is 3.10. The average molecular weight is 437 g/mol. The summed E-state index contributed by atoms with van der Waals surface area (Å²) in [6.45, 7) is 11.1. The van der Waals surface area contributed by atoms with Crippen molar-refractivity contribution in [3.8, 4) is 0 Å². The first kappa shape index (κ1) is 23.5. The van der Waals surface area contributed by atoms with Crippen molar-refractivity contribution in [2.75, 3.05) is 11.5 Å². The van der Waals surface area contributed by atoms with E-state index < -0.39 is 25.2 Å². The van der Waals surface area contributed by atoms with Gasteiger partial charge in [0.1, 0.15) is 5.82 Å². The van der Waals surface area contributed by atoms with E-state index in [1.54, 1.807) is 0 Å². The van der Waals surface area contributed by atoms with E-state index in [9.17, 15) is 4.39 Å². The number of benzene rings is 1. The van der Waals surface area contributed by atoms with Crippen molar-refractivity contribution < 1.29 is 12.6 Å². The van der Waals surface area contributed by atoms with E-state index in [0.717, 1.165) is 41.6 Å². The van der Waals surface area contributed by atoms with Gasteiger partial charge in [0.2, 0.25) is 0 Å². The van der Waals surface area contributed by atoms with E-state index in [0.29, 0.717) is 0 Å². The predicted octanol–water partition coefficient (Wildman–Crippen LogP) is 5.19. The quantitative estimate of drug-likeness (QED) is 0.367. The SMILES string of the molecule is C[Si](C)(CCCS)O[Si](C)(O[Si](C)(C)CCCS)c1ccc(F)cc1. The Labute approximate surface area is 167 Å². The van der Waals surface area contributed by atoms with Gasteiger partial charge in [-0.15, -0.1) is 0 Å². The van der Waals surface area contributed by atoms with Crippen LogP contribution in [0.5, 0.6) is 0 Å². The van der Waals surface area contributed by atoms with Gasteiger partial charge in [-0.2, -0.15) is 25.3 Å². The molecule has 0 aliphatic rings. The molecule has 1 aromatic carbocycles. The molecule has 0 heterocycles. The first-order valence-electron chi connectivity index (χ1n) is 8.92. The first-order chi connectivity index (χ1) is 11.5. The molecule has 1 aromatic rings. The molecule has 0 aromatic heterocycles. The van der Waals surface area contributed by atoms with Crippen molar-refractivity contribution in [1.82, 2.24) is 0 Å². The van der Waals surface area contributed by atoms with E-state index >= 15 is 0 Å². The largest absolute Gasteiger partial charge is 0.433 e. The monoisotopic (exact) mass is 436 g/mol. The van der Waals surface area contributed by atoms with Crippen molar-refractivity contribution in [2.24, 2.45) is 0 Å². The van der Waals surface area contributed by atoms with Crippen LogP contribution in [0.15, 0.2) is 24.3 Å². The molecule has 0 saturated heterocycles. The van der Waals surface area contributed by atoms with Gasteiger partial charge in [-0.3, -0.25) is 0 Å². The van der Waals surface area contributed by atoms with E-state index in [2.05, 4.69) is 58.0 Å². The zero-order valence-electron chi connectivity index (χ0n) is 16.1. The second kappa shape index (κ2) is 10.1. The van der Waals surface area contributed by atoms with Gasteiger partial charge in [-0.1, -0.05) is 12.1 Å². The zero-order chi connectivity index (χ0) is 19.1. The smallest absolute Gasteiger partial charge is 0.348 e. The molecule has 0 atom stereocenters. The minimum absolute atomic E-state index is 0.224. The van der Waals surface area contributed by atoms with Crippen LogP contribution >= 0.6 is 25.3 Å². The maximum Gasteiger partial charge on any atom is 0.348 e. The molecule has 2 nitrogen and oxygen atoms in total. The van der Waals surface area contributed by atoms with Gasteiger partial charge in [0.05, 0.1) is 0 Å². The standard InChI is InChI=1S/C17H33FO2S2Si3/c1-23(2,14-6-12-21)19-25(5,17-10-8-16(18)9-11-17)20-24(3,4)15-7-13-22/h8-11,21-22H,6-7,12-15H2,1-5H3. The Morgan fingerprint density at radius 1 is 0.800 bits per heavy atom. The normalized spacial score (nSPS) is 13.3. The summed E-state index contributed by atoms with van der Waals surface area (Å²) in [4.78, 5) is 0. The third-order valence-corrected chi connectivity index (χ3v) is 16.9. The highest BCUT2D eigenvalue weighted by Crippen LogP contribution is 2.26. The van der Waals surface area contributed by atoms with E-state index in [4.69, 9.17) is 8.23 Å². The maximum atomic E-state index is 13.4. The van der Waals surface area contributed by atoms with Crippen LogP contribution in [-0.4, -0.2) is 36.7 Å². The molecule has 25 heavy (non-hydrogen) atoms. The minimum atomic E-state index is -2.61. The van der Waals surface area contributed by atoms with Crippen molar-refractivity contribution in [3.63, 3.8) is 0 Å². The molecule has 1 rings (SSSR count). The molecule has 0 aliphatic heterocycles. The highest BCUT2D eigenvalue weighted by atomic mass is 32.1. The Bertz CT molecular complexity index is 505. The van der Waals surface area contributed by atoms with Gasteiger partial charge in [0, 0.05) is 0 Å². The van der Waals surface area contributed by atoms with Crippen LogP contribution in [0.3, 0.4) is 0 Å². The highest BCUT2D eigenvalue weighted by Gasteiger charge is 2.44. The van der Waals surface area contributed by atoms with Gasteiger partial charge < -0.3 is 8.23 Å². The summed E-state index contributed by atoms with van der Waals surface area (Å²) < 4.78 is 27.0. The topological polar surface area (TPSA) is 18.5 Å². The lowest BCUT2D eigenvalue weighted by Crippen LogP contribution is -2.61. The summed E-state index contributed by atoms with van der Waals surface area (Å²) in [6, 6.07) is 8.82. The lowest BCUT2D eigenvalue weighted by Gasteiger charge is -2.41. The van der Waals surface area contributed by atoms with Crippen molar-refractivity contribution in [1.29, 1.82) is 0 Å². The Morgan fingerprint density at radius 2 is 1.20 bits per heavy atom. The third kappa shape index (κ3) is 8.32. The minimum Gasteiger partial charge on any atom is -0.433 e. The average Bonchev–Trinajstić information content (AvgIpc) is 2.50. The number of thiol groups is 2. The number of hydrogen-bond acceptors (Lipinski definition) is 4. The lowest BCUT2D eigenvalue weighted by atomic mass is 10.3. The summed E-state index contributed by atoms with van der Waals surface area (Å²) in [6.07, 6.45) is 2.10. The number of halogens is 1. The molecule has 144 valence electrons. The first-order valence-corrected chi connectivity index (χ1v) is 18.7. The molecule has 0 unspecified atom stereocenters. The predicted molar refractivity (Wildman–Crippen MR) is 121 cm³/mol. The Kier molecular flexibility index (Phi) is 9.48. The van der Waals surface area contributed by atoms with E-state index in [-0.39, 0.29) is 5.82 Å². The van der Waals surface area contributed by atoms with Gasteiger partial charge in [0.15, 0.2) is 16.6 Å². The van der Waals surface area contributed by atoms with Crippen LogP contribution in [0.1, 0.15) is 12.8 Å². The van der Waals surface area contributed by atoms with Gasteiger partial charge >= 0.3 is 8.56 Å². The van der Waals surface area contributed by atoms with Gasteiger partial charge in [-0.05, 0) is 86.5 Å². The summed E-state index contributed by atoms with van der Waals surface area (Å²) in [5.74, 6) is 1.52. The number of rotatable bonds is 11. The van der Waals surface area contributed by atoms with Crippen LogP contribution in [-0.2, 0) is 8.23 Å². The van der Waals surface area contributed by atoms with Crippen LogP contribution in [0.25, 0.3) is 0 Å². The fourth-order valence-corrected chi connectivity index (χ4v) is 17.5. The maximum absolute atomic E-state index is 13.4. The van der Waals surface area contributed by atoms with Crippen LogP contribution in [0.4, 0.5) is 4.39 Å². The molecule has 0 spiro atoms. The Morgan fingerprint density at radius 3 is 1.56 bits per heavy atom. The molecule has 0 N–H and O–H groups in total. The van der Waals surface area contributed by atoms with Crippen LogP contribution in [0.2, 0.25) is 44.8 Å².